The van der Waals surface area contributed by atoms with Crippen LogP contribution in [0.3, 0.4) is 0 Å². The molecule has 0 fully saturated rings. The van der Waals surface area contributed by atoms with Gasteiger partial charge in [-0.25, -0.2) is 0 Å². The maximum atomic E-state index is 10.7. The van der Waals surface area contributed by atoms with E-state index in [1.54, 1.807) is 30.3 Å². The number of benzene rings is 1. The molecule has 0 bridgehead atoms. The second-order valence-electron chi connectivity index (χ2n) is 3.17. The maximum Gasteiger partial charge on any atom is 0.249 e. The van der Waals surface area contributed by atoms with Gasteiger partial charge in [0.15, 0.2) is 6.10 Å². The minimum absolute atomic E-state index is 0.429. The molecule has 4 heteroatoms. The predicted molar refractivity (Wildman–Crippen MR) is 56.7 cm³/mol. The third-order valence-electron chi connectivity index (χ3n) is 2.08. The molecule has 1 aromatic carbocycles. The number of amides is 1. The molecule has 0 aliphatic rings. The highest BCUT2D eigenvalue weighted by atomic mass is 16.3. The Morgan fingerprint density at radius 1 is 1.47 bits per heavy atom. The lowest BCUT2D eigenvalue weighted by Crippen LogP contribution is -2.33. The first-order valence-corrected chi connectivity index (χ1v) is 4.44. The van der Waals surface area contributed by atoms with Crippen LogP contribution in [0.2, 0.25) is 0 Å². The molecular weight excluding hydrogens is 194 g/mol. The molecule has 80 valence electrons. The van der Waals surface area contributed by atoms with Gasteiger partial charge in [0, 0.05) is 0 Å². The van der Waals surface area contributed by atoms with Crippen LogP contribution in [0.15, 0.2) is 30.8 Å². The molecule has 0 radical (unpaired) electrons. The zero-order valence-corrected chi connectivity index (χ0v) is 8.13. The normalized spacial score (nSPS) is 14.3. The molecule has 0 aliphatic heterocycles. The highest BCUT2D eigenvalue weighted by Crippen LogP contribution is 2.18. The van der Waals surface area contributed by atoms with Gasteiger partial charge in [0.25, 0.3) is 0 Å². The highest BCUT2D eigenvalue weighted by Gasteiger charge is 2.23. The van der Waals surface area contributed by atoms with Crippen LogP contribution in [0.4, 0.5) is 0 Å². The Morgan fingerprint density at radius 2 is 2.13 bits per heavy atom. The van der Waals surface area contributed by atoms with Crippen molar-refractivity contribution in [2.24, 2.45) is 5.73 Å². The SMILES string of the molecule is C=Cc1cccc(C(O)C(O)C(N)=O)c1. The summed E-state index contributed by atoms with van der Waals surface area (Å²) in [5.41, 5.74) is 6.10. The number of rotatable bonds is 4. The highest BCUT2D eigenvalue weighted by molar-refractivity contribution is 5.79. The fraction of sp³-hybridized carbons (Fsp3) is 0.182. The van der Waals surface area contributed by atoms with E-state index in [1.165, 1.54) is 0 Å². The molecule has 0 heterocycles. The van der Waals surface area contributed by atoms with Crippen LogP contribution in [0.5, 0.6) is 0 Å². The summed E-state index contributed by atoms with van der Waals surface area (Å²) in [5.74, 6) is -0.952. The number of primary amides is 1. The first-order chi connectivity index (χ1) is 7.06. The molecule has 1 amide bonds. The van der Waals surface area contributed by atoms with E-state index >= 15 is 0 Å². The number of carbonyl (C=O) groups is 1. The predicted octanol–water partition coefficient (Wildman–Crippen LogP) is 0.209. The number of aliphatic hydroxyl groups excluding tert-OH is 2. The van der Waals surface area contributed by atoms with Crippen molar-refractivity contribution < 1.29 is 15.0 Å². The van der Waals surface area contributed by atoms with Gasteiger partial charge in [0.2, 0.25) is 5.91 Å². The fourth-order valence-electron chi connectivity index (χ4n) is 1.21. The van der Waals surface area contributed by atoms with Crippen molar-refractivity contribution in [1.29, 1.82) is 0 Å². The zero-order chi connectivity index (χ0) is 11.4. The van der Waals surface area contributed by atoms with Crippen molar-refractivity contribution >= 4 is 12.0 Å². The molecule has 4 nitrogen and oxygen atoms in total. The van der Waals surface area contributed by atoms with Gasteiger partial charge >= 0.3 is 0 Å². The fourth-order valence-corrected chi connectivity index (χ4v) is 1.21. The smallest absolute Gasteiger partial charge is 0.249 e. The molecule has 15 heavy (non-hydrogen) atoms. The van der Waals surface area contributed by atoms with Gasteiger partial charge in [0.1, 0.15) is 6.10 Å². The molecule has 4 N–H and O–H groups in total. The lowest BCUT2D eigenvalue weighted by atomic mass is 10.0. The van der Waals surface area contributed by atoms with E-state index in [9.17, 15) is 15.0 Å². The van der Waals surface area contributed by atoms with Crippen LogP contribution >= 0.6 is 0 Å². The number of aliphatic hydroxyl groups is 2. The Bertz CT molecular complexity index is 376. The molecular formula is C11H13NO3. The number of hydrogen-bond acceptors (Lipinski definition) is 3. The monoisotopic (exact) mass is 207 g/mol. The molecule has 1 aromatic rings. The summed E-state index contributed by atoms with van der Waals surface area (Å²) < 4.78 is 0. The molecule has 0 saturated carbocycles. The Morgan fingerprint density at radius 3 is 2.67 bits per heavy atom. The second kappa shape index (κ2) is 4.72. The topological polar surface area (TPSA) is 83.6 Å². The van der Waals surface area contributed by atoms with E-state index in [-0.39, 0.29) is 0 Å². The maximum absolute atomic E-state index is 10.7. The number of hydrogen-bond donors (Lipinski definition) is 3. The van der Waals surface area contributed by atoms with Crippen molar-refractivity contribution in [3.8, 4) is 0 Å². The van der Waals surface area contributed by atoms with Crippen molar-refractivity contribution in [2.45, 2.75) is 12.2 Å². The quantitative estimate of drug-likeness (QED) is 0.660. The Kier molecular flexibility index (Phi) is 3.60. The van der Waals surface area contributed by atoms with Gasteiger partial charge in [-0.15, -0.1) is 0 Å². The summed E-state index contributed by atoms with van der Waals surface area (Å²) in [4.78, 5) is 10.7. The van der Waals surface area contributed by atoms with Crippen molar-refractivity contribution in [1.82, 2.24) is 0 Å². The van der Waals surface area contributed by atoms with Gasteiger partial charge in [-0.05, 0) is 17.2 Å². The third kappa shape index (κ3) is 2.65. The molecule has 1 rings (SSSR count). The first-order valence-electron chi connectivity index (χ1n) is 4.44. The summed E-state index contributed by atoms with van der Waals surface area (Å²) in [6, 6.07) is 6.72. The Labute approximate surface area is 87.7 Å². The summed E-state index contributed by atoms with van der Waals surface area (Å²) in [6.45, 7) is 3.58. The van der Waals surface area contributed by atoms with Gasteiger partial charge in [0.05, 0.1) is 0 Å². The van der Waals surface area contributed by atoms with E-state index in [0.717, 1.165) is 5.56 Å². The van der Waals surface area contributed by atoms with Crippen LogP contribution in [-0.2, 0) is 4.79 Å². The summed E-state index contributed by atoms with van der Waals surface area (Å²) >= 11 is 0. The average Bonchev–Trinajstić information content (AvgIpc) is 2.27. The number of nitrogens with two attached hydrogens (primary N) is 1. The molecule has 0 saturated heterocycles. The molecule has 2 unspecified atom stereocenters. The molecule has 0 spiro atoms. The van der Waals surface area contributed by atoms with Crippen molar-refractivity contribution in [2.75, 3.05) is 0 Å². The van der Waals surface area contributed by atoms with E-state index in [4.69, 9.17) is 5.73 Å². The van der Waals surface area contributed by atoms with Crippen LogP contribution < -0.4 is 5.73 Å². The van der Waals surface area contributed by atoms with Gasteiger partial charge in [-0.3, -0.25) is 4.79 Å². The first kappa shape index (κ1) is 11.4. The van der Waals surface area contributed by atoms with Crippen LogP contribution in [0, 0.1) is 0 Å². The third-order valence-corrected chi connectivity index (χ3v) is 2.08. The lowest BCUT2D eigenvalue weighted by Gasteiger charge is -2.15. The minimum Gasteiger partial charge on any atom is -0.385 e. The van der Waals surface area contributed by atoms with Gasteiger partial charge in [-0.2, -0.15) is 0 Å². The van der Waals surface area contributed by atoms with Crippen LogP contribution in [0.25, 0.3) is 6.08 Å². The standard InChI is InChI=1S/C11H13NO3/c1-2-7-4-3-5-8(6-7)9(13)10(14)11(12)15/h2-6,9-10,13-14H,1H2,(H2,12,15). The second-order valence-corrected chi connectivity index (χ2v) is 3.17. The minimum atomic E-state index is -1.59. The van der Waals surface area contributed by atoms with Crippen molar-refractivity contribution in [3.63, 3.8) is 0 Å². The van der Waals surface area contributed by atoms with Crippen LogP contribution in [-0.4, -0.2) is 22.2 Å². The van der Waals surface area contributed by atoms with Gasteiger partial charge in [-0.1, -0.05) is 30.9 Å². The molecule has 2 atom stereocenters. The van der Waals surface area contributed by atoms with E-state index < -0.39 is 18.1 Å². The summed E-state index contributed by atoms with van der Waals surface area (Å²) in [6.07, 6.45) is -1.29. The summed E-state index contributed by atoms with van der Waals surface area (Å²) in [7, 11) is 0. The summed E-state index contributed by atoms with van der Waals surface area (Å²) in [5, 5.41) is 18.9. The molecule has 0 aliphatic carbocycles. The average molecular weight is 207 g/mol. The zero-order valence-electron chi connectivity index (χ0n) is 8.13. The van der Waals surface area contributed by atoms with Gasteiger partial charge < -0.3 is 15.9 Å². The largest absolute Gasteiger partial charge is 0.385 e. The molecule has 0 aromatic heterocycles. The lowest BCUT2D eigenvalue weighted by molar-refractivity contribution is -0.131. The van der Waals surface area contributed by atoms with E-state index in [1.807, 2.05) is 0 Å². The Balaban J connectivity index is 2.95. The number of carbonyl (C=O) groups excluding carboxylic acids is 1. The van der Waals surface area contributed by atoms with E-state index in [0.29, 0.717) is 5.56 Å². The van der Waals surface area contributed by atoms with Crippen molar-refractivity contribution in [3.05, 3.63) is 42.0 Å². The van der Waals surface area contributed by atoms with Crippen LogP contribution in [0.1, 0.15) is 17.2 Å². The Hall–Kier alpha value is -1.65. The van der Waals surface area contributed by atoms with E-state index in [2.05, 4.69) is 6.58 Å².